The summed E-state index contributed by atoms with van der Waals surface area (Å²) in [5, 5.41) is 15.5. The molecule has 2 aliphatic rings. The van der Waals surface area contributed by atoms with Gasteiger partial charge in [-0.1, -0.05) is 30.3 Å². The summed E-state index contributed by atoms with van der Waals surface area (Å²) < 4.78 is 33.9. The van der Waals surface area contributed by atoms with Gasteiger partial charge in [-0.15, -0.1) is 0 Å². The summed E-state index contributed by atoms with van der Waals surface area (Å²) >= 11 is 0. The van der Waals surface area contributed by atoms with Crippen LogP contribution in [0.2, 0.25) is 0 Å². The number of morpholine rings is 1. The second-order valence-electron chi connectivity index (χ2n) is 7.77. The Morgan fingerprint density at radius 2 is 1.87 bits per heavy atom. The molecule has 8 heteroatoms. The molecule has 2 heterocycles. The van der Waals surface area contributed by atoms with Crippen LogP contribution in [0.25, 0.3) is 0 Å². The molecule has 2 amide bonds. The van der Waals surface area contributed by atoms with Gasteiger partial charge in [0.05, 0.1) is 24.5 Å². The Kier molecular flexibility index (Phi) is 6.29. The topological polar surface area (TPSA) is 65.4 Å². The van der Waals surface area contributed by atoms with Gasteiger partial charge in [-0.05, 0) is 36.6 Å². The van der Waals surface area contributed by atoms with E-state index in [-0.39, 0.29) is 24.6 Å². The normalized spacial score (nSPS) is 21.3. The fourth-order valence-electron chi connectivity index (χ4n) is 4.27. The molecular weight excluding hydrogens is 404 g/mol. The van der Waals surface area contributed by atoms with Gasteiger partial charge in [0.1, 0.15) is 11.6 Å². The molecule has 0 bridgehead atoms. The number of hydrazone groups is 1. The Bertz CT molecular complexity index is 964. The van der Waals surface area contributed by atoms with E-state index in [0.29, 0.717) is 44.9 Å². The predicted octanol–water partition coefficient (Wildman–Crippen LogP) is 3.49. The van der Waals surface area contributed by atoms with Crippen LogP contribution < -0.4 is 0 Å². The SMILES string of the molecule is O=C(N1CCOCC1)N1N=C(c2cc(F)ccc2F)CC1(CCCO)c1ccccc1. The summed E-state index contributed by atoms with van der Waals surface area (Å²) in [4.78, 5) is 15.2. The lowest BCUT2D eigenvalue weighted by Crippen LogP contribution is -2.52. The number of hydrogen-bond donors (Lipinski definition) is 1. The van der Waals surface area contributed by atoms with Gasteiger partial charge < -0.3 is 14.7 Å². The van der Waals surface area contributed by atoms with Gasteiger partial charge in [-0.25, -0.2) is 18.6 Å². The summed E-state index contributed by atoms with van der Waals surface area (Å²) in [6.07, 6.45) is 1.07. The molecule has 0 spiro atoms. The number of aliphatic hydroxyl groups excluding tert-OH is 1. The molecule has 0 aromatic heterocycles. The number of carbonyl (C=O) groups excluding carboxylic acids is 1. The van der Waals surface area contributed by atoms with E-state index >= 15 is 0 Å². The van der Waals surface area contributed by atoms with E-state index in [9.17, 15) is 18.7 Å². The van der Waals surface area contributed by atoms with Gasteiger partial charge >= 0.3 is 6.03 Å². The van der Waals surface area contributed by atoms with Crippen molar-refractivity contribution in [1.29, 1.82) is 0 Å². The van der Waals surface area contributed by atoms with Crippen LogP contribution in [0.5, 0.6) is 0 Å². The van der Waals surface area contributed by atoms with Crippen molar-refractivity contribution in [2.24, 2.45) is 5.10 Å². The van der Waals surface area contributed by atoms with Crippen molar-refractivity contribution in [3.8, 4) is 0 Å². The molecule has 1 saturated heterocycles. The van der Waals surface area contributed by atoms with Crippen LogP contribution in [0.3, 0.4) is 0 Å². The monoisotopic (exact) mass is 429 g/mol. The first-order valence-corrected chi connectivity index (χ1v) is 10.4. The van der Waals surface area contributed by atoms with Gasteiger partial charge in [-0.3, -0.25) is 0 Å². The van der Waals surface area contributed by atoms with Crippen LogP contribution in [0.4, 0.5) is 13.6 Å². The lowest BCUT2D eigenvalue weighted by Gasteiger charge is -2.40. The number of nitrogens with zero attached hydrogens (tertiary/aromatic N) is 3. The first-order chi connectivity index (χ1) is 15.0. The highest BCUT2D eigenvalue weighted by molar-refractivity contribution is 6.04. The Labute approximate surface area is 179 Å². The van der Waals surface area contributed by atoms with Crippen LogP contribution in [0.15, 0.2) is 53.6 Å². The minimum Gasteiger partial charge on any atom is -0.396 e. The minimum atomic E-state index is -0.909. The van der Waals surface area contributed by atoms with Crippen LogP contribution >= 0.6 is 0 Å². The molecule has 2 aromatic rings. The molecule has 164 valence electrons. The number of hydrogen-bond acceptors (Lipinski definition) is 4. The smallest absolute Gasteiger partial charge is 0.341 e. The maximum atomic E-state index is 14.6. The molecule has 0 aliphatic carbocycles. The lowest BCUT2D eigenvalue weighted by atomic mass is 9.80. The van der Waals surface area contributed by atoms with Gasteiger partial charge in [0.15, 0.2) is 0 Å². The van der Waals surface area contributed by atoms with Gasteiger partial charge in [0, 0.05) is 31.7 Å². The van der Waals surface area contributed by atoms with Crippen molar-refractivity contribution in [3.05, 3.63) is 71.3 Å². The zero-order chi connectivity index (χ0) is 21.8. The number of amides is 2. The van der Waals surface area contributed by atoms with Crippen molar-refractivity contribution in [2.45, 2.75) is 24.8 Å². The standard InChI is InChI=1S/C23H25F2N3O3/c24-18-7-8-20(25)19(15-18)21-16-23(9-4-12-29,17-5-2-1-3-6-17)28(26-21)22(30)27-10-13-31-14-11-27/h1-3,5-8,15,29H,4,9-14,16H2. The van der Waals surface area contributed by atoms with Crippen molar-refractivity contribution in [1.82, 2.24) is 9.91 Å². The van der Waals surface area contributed by atoms with Crippen molar-refractivity contribution in [2.75, 3.05) is 32.9 Å². The maximum Gasteiger partial charge on any atom is 0.341 e. The fourth-order valence-corrected chi connectivity index (χ4v) is 4.27. The summed E-state index contributed by atoms with van der Waals surface area (Å²) in [5.74, 6) is -1.16. The molecule has 4 rings (SSSR count). The van der Waals surface area contributed by atoms with Gasteiger partial charge in [0.25, 0.3) is 0 Å². The molecule has 1 unspecified atom stereocenters. The Morgan fingerprint density at radius 3 is 2.58 bits per heavy atom. The number of ether oxygens (including phenoxy) is 1. The molecule has 1 fully saturated rings. The molecule has 0 radical (unpaired) electrons. The number of carbonyl (C=O) groups is 1. The van der Waals surface area contributed by atoms with E-state index in [1.54, 1.807) is 4.90 Å². The quantitative estimate of drug-likeness (QED) is 0.791. The van der Waals surface area contributed by atoms with E-state index in [2.05, 4.69) is 5.10 Å². The Morgan fingerprint density at radius 1 is 1.13 bits per heavy atom. The van der Waals surface area contributed by atoms with E-state index < -0.39 is 17.2 Å². The van der Waals surface area contributed by atoms with Gasteiger partial charge in [-0.2, -0.15) is 5.10 Å². The zero-order valence-corrected chi connectivity index (χ0v) is 17.1. The average Bonchev–Trinajstić information content (AvgIpc) is 3.20. The highest BCUT2D eigenvalue weighted by atomic mass is 19.1. The first kappa shape index (κ1) is 21.4. The molecule has 2 aliphatic heterocycles. The number of aliphatic hydroxyl groups is 1. The first-order valence-electron chi connectivity index (χ1n) is 10.4. The Hall–Kier alpha value is -2.84. The predicted molar refractivity (Wildman–Crippen MR) is 112 cm³/mol. The average molecular weight is 429 g/mol. The largest absolute Gasteiger partial charge is 0.396 e. The van der Waals surface area contributed by atoms with Crippen LogP contribution in [-0.2, 0) is 10.3 Å². The summed E-state index contributed by atoms with van der Waals surface area (Å²) in [6.45, 7) is 1.67. The number of urea groups is 1. The van der Waals surface area contributed by atoms with E-state index in [0.717, 1.165) is 23.8 Å². The molecule has 1 N–H and O–H groups in total. The second-order valence-corrected chi connectivity index (χ2v) is 7.77. The molecule has 6 nitrogen and oxygen atoms in total. The molecule has 2 aromatic carbocycles. The van der Waals surface area contributed by atoms with Crippen molar-refractivity contribution >= 4 is 11.7 Å². The highest BCUT2D eigenvalue weighted by Crippen LogP contribution is 2.43. The fraction of sp³-hybridized carbons (Fsp3) is 0.391. The second kappa shape index (κ2) is 9.11. The number of rotatable bonds is 5. The third-order valence-corrected chi connectivity index (χ3v) is 5.85. The minimum absolute atomic E-state index is 0.0431. The molecule has 31 heavy (non-hydrogen) atoms. The van der Waals surface area contributed by atoms with Crippen molar-refractivity contribution < 1.29 is 23.4 Å². The lowest BCUT2D eigenvalue weighted by molar-refractivity contribution is 0.0283. The van der Waals surface area contributed by atoms with E-state index in [4.69, 9.17) is 4.74 Å². The highest BCUT2D eigenvalue weighted by Gasteiger charge is 2.48. The summed E-state index contributed by atoms with van der Waals surface area (Å²) in [5.41, 5.74) is 0.274. The van der Waals surface area contributed by atoms with E-state index in [1.807, 2.05) is 30.3 Å². The molecular formula is C23H25F2N3O3. The Balaban J connectivity index is 1.81. The molecule has 1 atom stereocenters. The van der Waals surface area contributed by atoms with Crippen LogP contribution in [-0.4, -0.2) is 59.7 Å². The summed E-state index contributed by atoms with van der Waals surface area (Å²) in [7, 11) is 0. The van der Waals surface area contributed by atoms with Crippen LogP contribution in [0.1, 0.15) is 30.4 Å². The number of halogens is 2. The van der Waals surface area contributed by atoms with E-state index in [1.165, 1.54) is 5.01 Å². The number of benzene rings is 2. The molecule has 0 saturated carbocycles. The third kappa shape index (κ3) is 4.18. The summed E-state index contributed by atoms with van der Waals surface area (Å²) in [6, 6.07) is 12.3. The van der Waals surface area contributed by atoms with Crippen molar-refractivity contribution in [3.63, 3.8) is 0 Å². The zero-order valence-electron chi connectivity index (χ0n) is 17.1. The maximum absolute atomic E-state index is 14.6. The van der Waals surface area contributed by atoms with Crippen LogP contribution in [0, 0.1) is 11.6 Å². The van der Waals surface area contributed by atoms with Gasteiger partial charge in [0.2, 0.25) is 0 Å². The third-order valence-electron chi connectivity index (χ3n) is 5.85.